The molecule has 96 valence electrons. The Kier molecular flexibility index (Phi) is 4.15. The molecule has 1 N–H and O–H groups in total. The lowest BCUT2D eigenvalue weighted by molar-refractivity contribution is 0.327. The summed E-state index contributed by atoms with van der Waals surface area (Å²) in [6.07, 6.45) is 4.70. The first-order chi connectivity index (χ1) is 8.26. The van der Waals surface area contributed by atoms with Crippen LogP contribution in [-0.2, 0) is 0 Å². The number of nitrogens with zero attached hydrogens (tertiary/aromatic N) is 2. The molecule has 0 aromatic carbocycles. The van der Waals surface area contributed by atoms with Crippen molar-refractivity contribution in [3.63, 3.8) is 0 Å². The second-order valence-electron chi connectivity index (χ2n) is 5.00. The van der Waals surface area contributed by atoms with E-state index in [1.807, 2.05) is 0 Å². The van der Waals surface area contributed by atoms with Crippen LogP contribution in [0.3, 0.4) is 0 Å². The lowest BCUT2D eigenvalue weighted by Crippen LogP contribution is -2.31. The molecule has 1 aromatic heterocycles. The van der Waals surface area contributed by atoms with Crippen LogP contribution >= 0.6 is 0 Å². The summed E-state index contributed by atoms with van der Waals surface area (Å²) in [7, 11) is 0. The van der Waals surface area contributed by atoms with Gasteiger partial charge in [-0.2, -0.15) is 4.98 Å². The number of hydrogen-bond donors (Lipinski definition) is 1. The highest BCUT2D eigenvalue weighted by Crippen LogP contribution is 2.34. The number of aromatic nitrogens is 2. The third kappa shape index (κ3) is 2.68. The first-order valence-corrected chi connectivity index (χ1v) is 6.83. The fraction of sp³-hybridized carbons (Fsp3) is 0.846. The quantitative estimate of drug-likeness (QED) is 0.855. The first-order valence-electron chi connectivity index (χ1n) is 6.83. The molecule has 0 aliphatic heterocycles. The van der Waals surface area contributed by atoms with Crippen LogP contribution < -0.4 is 5.32 Å². The minimum Gasteiger partial charge on any atom is -0.339 e. The first kappa shape index (κ1) is 12.6. The topological polar surface area (TPSA) is 51.0 Å². The molecule has 1 fully saturated rings. The van der Waals surface area contributed by atoms with Gasteiger partial charge in [0.05, 0.1) is 5.92 Å². The molecule has 17 heavy (non-hydrogen) atoms. The van der Waals surface area contributed by atoms with Gasteiger partial charge < -0.3 is 9.84 Å². The molecule has 3 atom stereocenters. The van der Waals surface area contributed by atoms with Gasteiger partial charge in [-0.25, -0.2) is 0 Å². The van der Waals surface area contributed by atoms with Gasteiger partial charge >= 0.3 is 0 Å². The van der Waals surface area contributed by atoms with Crippen LogP contribution in [0.1, 0.15) is 70.0 Å². The number of nitrogens with one attached hydrogen (secondary N) is 1. The highest BCUT2D eigenvalue weighted by Gasteiger charge is 2.32. The lowest BCUT2D eigenvalue weighted by atomic mass is 10.0. The fourth-order valence-electron chi connectivity index (χ4n) is 2.54. The molecule has 1 heterocycles. The molecule has 0 amide bonds. The van der Waals surface area contributed by atoms with Crippen molar-refractivity contribution < 1.29 is 4.52 Å². The van der Waals surface area contributed by atoms with Crippen molar-refractivity contribution in [2.45, 2.75) is 64.3 Å². The van der Waals surface area contributed by atoms with Gasteiger partial charge in [0.2, 0.25) is 5.89 Å². The zero-order chi connectivity index (χ0) is 12.3. The Hall–Kier alpha value is -0.900. The zero-order valence-corrected chi connectivity index (χ0v) is 11.1. The van der Waals surface area contributed by atoms with Crippen LogP contribution in [0.15, 0.2) is 4.52 Å². The standard InChI is InChI=1S/C13H23N3O/c1-4-9(3)12-15-13(17-16-12)10-7-6-8-11(10)14-5-2/h9-11,14H,4-8H2,1-3H3. The Balaban J connectivity index is 2.08. The molecule has 1 saturated carbocycles. The van der Waals surface area contributed by atoms with Gasteiger partial charge in [0, 0.05) is 12.0 Å². The van der Waals surface area contributed by atoms with Crippen LogP contribution in [0.2, 0.25) is 0 Å². The van der Waals surface area contributed by atoms with E-state index in [2.05, 4.69) is 36.2 Å². The minimum absolute atomic E-state index is 0.395. The highest BCUT2D eigenvalue weighted by molar-refractivity contribution is 5.04. The molecule has 2 rings (SSSR count). The third-order valence-corrected chi connectivity index (χ3v) is 3.81. The molecular weight excluding hydrogens is 214 g/mol. The normalized spacial score (nSPS) is 26.3. The van der Waals surface area contributed by atoms with Crippen molar-refractivity contribution in [3.8, 4) is 0 Å². The second-order valence-corrected chi connectivity index (χ2v) is 5.00. The van der Waals surface area contributed by atoms with E-state index in [1.165, 1.54) is 19.3 Å². The van der Waals surface area contributed by atoms with Gasteiger partial charge in [-0.15, -0.1) is 0 Å². The number of rotatable bonds is 5. The van der Waals surface area contributed by atoms with Crippen LogP contribution in [0, 0.1) is 0 Å². The fourth-order valence-corrected chi connectivity index (χ4v) is 2.54. The smallest absolute Gasteiger partial charge is 0.231 e. The minimum atomic E-state index is 0.395. The van der Waals surface area contributed by atoms with E-state index in [4.69, 9.17) is 4.52 Å². The van der Waals surface area contributed by atoms with Crippen molar-refractivity contribution in [3.05, 3.63) is 11.7 Å². The van der Waals surface area contributed by atoms with E-state index in [0.717, 1.165) is 24.7 Å². The number of likely N-dealkylation sites (N-methyl/N-ethyl adjacent to an activating group) is 1. The van der Waals surface area contributed by atoms with Gasteiger partial charge in [-0.3, -0.25) is 0 Å². The Bertz CT molecular complexity index is 350. The summed E-state index contributed by atoms with van der Waals surface area (Å²) in [5.41, 5.74) is 0. The summed E-state index contributed by atoms with van der Waals surface area (Å²) in [5, 5.41) is 7.63. The number of hydrogen-bond acceptors (Lipinski definition) is 4. The van der Waals surface area contributed by atoms with E-state index in [1.54, 1.807) is 0 Å². The van der Waals surface area contributed by atoms with Gasteiger partial charge in [0.25, 0.3) is 0 Å². The zero-order valence-electron chi connectivity index (χ0n) is 11.1. The van der Waals surface area contributed by atoms with E-state index < -0.39 is 0 Å². The van der Waals surface area contributed by atoms with Crippen LogP contribution in [0.4, 0.5) is 0 Å². The molecule has 0 bridgehead atoms. The Morgan fingerprint density at radius 3 is 2.94 bits per heavy atom. The van der Waals surface area contributed by atoms with Crippen molar-refractivity contribution in [2.75, 3.05) is 6.54 Å². The maximum atomic E-state index is 5.45. The van der Waals surface area contributed by atoms with Crippen molar-refractivity contribution in [2.24, 2.45) is 0 Å². The summed E-state index contributed by atoms with van der Waals surface area (Å²) in [4.78, 5) is 4.58. The molecular formula is C13H23N3O. The molecule has 0 radical (unpaired) electrons. The average Bonchev–Trinajstić information content (AvgIpc) is 2.96. The van der Waals surface area contributed by atoms with Gasteiger partial charge in [-0.05, 0) is 25.8 Å². The Morgan fingerprint density at radius 1 is 1.41 bits per heavy atom. The average molecular weight is 237 g/mol. The van der Waals surface area contributed by atoms with E-state index >= 15 is 0 Å². The Labute approximate surface area is 103 Å². The molecule has 1 aliphatic carbocycles. The van der Waals surface area contributed by atoms with E-state index in [-0.39, 0.29) is 0 Å². The van der Waals surface area contributed by atoms with Crippen molar-refractivity contribution in [1.29, 1.82) is 0 Å². The summed E-state index contributed by atoms with van der Waals surface area (Å²) < 4.78 is 5.45. The molecule has 0 spiro atoms. The molecule has 1 aromatic rings. The molecule has 1 aliphatic rings. The molecule has 4 heteroatoms. The summed E-state index contributed by atoms with van der Waals surface area (Å²) in [6.45, 7) is 7.45. The van der Waals surface area contributed by atoms with Gasteiger partial charge in [0.15, 0.2) is 5.82 Å². The monoisotopic (exact) mass is 237 g/mol. The predicted molar refractivity (Wildman–Crippen MR) is 67.1 cm³/mol. The van der Waals surface area contributed by atoms with E-state index in [9.17, 15) is 0 Å². The van der Waals surface area contributed by atoms with E-state index in [0.29, 0.717) is 17.9 Å². The van der Waals surface area contributed by atoms with Crippen molar-refractivity contribution in [1.82, 2.24) is 15.5 Å². The highest BCUT2D eigenvalue weighted by atomic mass is 16.5. The predicted octanol–water partition coefficient (Wildman–Crippen LogP) is 2.83. The second kappa shape index (κ2) is 5.63. The Morgan fingerprint density at radius 2 is 2.24 bits per heavy atom. The maximum absolute atomic E-state index is 5.45. The summed E-state index contributed by atoms with van der Waals surface area (Å²) in [5.74, 6) is 2.51. The summed E-state index contributed by atoms with van der Waals surface area (Å²) >= 11 is 0. The maximum Gasteiger partial charge on any atom is 0.231 e. The van der Waals surface area contributed by atoms with Crippen LogP contribution in [-0.4, -0.2) is 22.7 Å². The largest absolute Gasteiger partial charge is 0.339 e. The van der Waals surface area contributed by atoms with Crippen LogP contribution in [0.5, 0.6) is 0 Å². The third-order valence-electron chi connectivity index (χ3n) is 3.81. The summed E-state index contributed by atoms with van der Waals surface area (Å²) in [6, 6.07) is 0.519. The van der Waals surface area contributed by atoms with Gasteiger partial charge in [-0.1, -0.05) is 32.3 Å². The molecule has 3 unspecified atom stereocenters. The SMILES string of the molecule is CCNC1CCCC1c1nc(C(C)CC)no1. The van der Waals surface area contributed by atoms with Crippen LogP contribution in [0.25, 0.3) is 0 Å². The van der Waals surface area contributed by atoms with Gasteiger partial charge in [0.1, 0.15) is 0 Å². The molecule has 4 nitrogen and oxygen atoms in total. The molecule has 0 saturated heterocycles. The lowest BCUT2D eigenvalue weighted by Gasteiger charge is -2.16. The van der Waals surface area contributed by atoms with Crippen molar-refractivity contribution >= 4 is 0 Å².